The molecule has 0 heterocycles. The molecule has 0 aliphatic heterocycles. The first kappa shape index (κ1) is 15.5. The minimum absolute atomic E-state index is 0.0749. The number of fused-ring (bicyclic) bond motifs is 1. The van der Waals surface area contributed by atoms with Crippen LogP contribution >= 0.6 is 0 Å². The van der Waals surface area contributed by atoms with Crippen molar-refractivity contribution in [2.75, 3.05) is 5.32 Å². The molecular formula is C21H16N2O. The van der Waals surface area contributed by atoms with Gasteiger partial charge in [0.2, 0.25) is 0 Å². The molecule has 116 valence electrons. The van der Waals surface area contributed by atoms with Gasteiger partial charge in [-0.25, -0.2) is 0 Å². The SMILES string of the molecule is Cc1ccc(NC(=O)/C(C#N)=C/c2ccc3ccccc3c2)cc1. The fourth-order valence-electron chi connectivity index (χ4n) is 2.45. The van der Waals surface area contributed by atoms with Crippen molar-refractivity contribution in [2.45, 2.75) is 6.92 Å². The number of hydrogen-bond acceptors (Lipinski definition) is 2. The summed E-state index contributed by atoms with van der Waals surface area (Å²) < 4.78 is 0. The molecule has 0 spiro atoms. The van der Waals surface area contributed by atoms with E-state index in [-0.39, 0.29) is 5.57 Å². The summed E-state index contributed by atoms with van der Waals surface area (Å²) in [5.74, 6) is -0.408. The Labute approximate surface area is 140 Å². The van der Waals surface area contributed by atoms with E-state index in [1.807, 2.05) is 79.7 Å². The maximum Gasteiger partial charge on any atom is 0.266 e. The van der Waals surface area contributed by atoms with Crippen LogP contribution in [-0.4, -0.2) is 5.91 Å². The smallest absolute Gasteiger partial charge is 0.266 e. The van der Waals surface area contributed by atoms with Gasteiger partial charge >= 0.3 is 0 Å². The second kappa shape index (κ2) is 6.80. The molecular weight excluding hydrogens is 296 g/mol. The Morgan fingerprint density at radius 1 is 1.00 bits per heavy atom. The molecule has 3 aromatic rings. The van der Waals surface area contributed by atoms with Gasteiger partial charge in [-0.05, 0) is 47.5 Å². The highest BCUT2D eigenvalue weighted by atomic mass is 16.1. The van der Waals surface area contributed by atoms with Crippen LogP contribution in [0, 0.1) is 18.3 Å². The predicted molar refractivity (Wildman–Crippen MR) is 97.3 cm³/mol. The fraction of sp³-hybridized carbons (Fsp3) is 0.0476. The summed E-state index contributed by atoms with van der Waals surface area (Å²) in [6.45, 7) is 1.98. The highest BCUT2D eigenvalue weighted by Gasteiger charge is 2.09. The van der Waals surface area contributed by atoms with Gasteiger partial charge in [-0.3, -0.25) is 4.79 Å². The predicted octanol–water partition coefficient (Wildman–Crippen LogP) is 4.69. The van der Waals surface area contributed by atoms with E-state index < -0.39 is 5.91 Å². The molecule has 3 rings (SSSR count). The van der Waals surface area contributed by atoms with Gasteiger partial charge in [-0.15, -0.1) is 0 Å². The van der Waals surface area contributed by atoms with Crippen LogP contribution in [0.25, 0.3) is 16.8 Å². The molecule has 1 N–H and O–H groups in total. The normalized spacial score (nSPS) is 11.1. The van der Waals surface area contributed by atoms with Gasteiger partial charge in [0.1, 0.15) is 11.6 Å². The number of nitriles is 1. The Morgan fingerprint density at radius 3 is 2.42 bits per heavy atom. The molecule has 3 nitrogen and oxygen atoms in total. The van der Waals surface area contributed by atoms with Crippen molar-refractivity contribution in [1.29, 1.82) is 5.26 Å². The highest BCUT2D eigenvalue weighted by molar-refractivity contribution is 6.09. The topological polar surface area (TPSA) is 52.9 Å². The zero-order chi connectivity index (χ0) is 16.9. The molecule has 3 aromatic carbocycles. The third-order valence-corrected chi connectivity index (χ3v) is 3.76. The van der Waals surface area contributed by atoms with Crippen LogP contribution in [0.1, 0.15) is 11.1 Å². The van der Waals surface area contributed by atoms with Gasteiger partial charge < -0.3 is 5.32 Å². The molecule has 24 heavy (non-hydrogen) atoms. The first-order chi connectivity index (χ1) is 11.7. The third kappa shape index (κ3) is 3.50. The van der Waals surface area contributed by atoms with E-state index >= 15 is 0 Å². The van der Waals surface area contributed by atoms with Gasteiger partial charge in [0.25, 0.3) is 5.91 Å². The van der Waals surface area contributed by atoms with E-state index in [4.69, 9.17) is 0 Å². The summed E-state index contributed by atoms with van der Waals surface area (Å²) in [5, 5.41) is 14.3. The van der Waals surface area contributed by atoms with E-state index in [2.05, 4.69) is 5.32 Å². The number of nitrogens with one attached hydrogen (secondary N) is 1. The molecule has 0 fully saturated rings. The van der Waals surface area contributed by atoms with Gasteiger partial charge in [0.05, 0.1) is 0 Å². The van der Waals surface area contributed by atoms with Crippen LogP contribution in [0.15, 0.2) is 72.3 Å². The van der Waals surface area contributed by atoms with Crippen molar-refractivity contribution in [3.05, 3.63) is 83.4 Å². The Bertz CT molecular complexity index is 963. The van der Waals surface area contributed by atoms with Crippen LogP contribution in [-0.2, 0) is 4.79 Å². The van der Waals surface area contributed by atoms with E-state index in [9.17, 15) is 10.1 Å². The number of carbonyl (C=O) groups excluding carboxylic acids is 1. The Balaban J connectivity index is 1.86. The lowest BCUT2D eigenvalue weighted by Gasteiger charge is -2.05. The maximum absolute atomic E-state index is 12.3. The first-order valence-electron chi connectivity index (χ1n) is 7.64. The van der Waals surface area contributed by atoms with Crippen molar-refractivity contribution in [2.24, 2.45) is 0 Å². The second-order valence-corrected chi connectivity index (χ2v) is 5.60. The van der Waals surface area contributed by atoms with Crippen molar-refractivity contribution in [3.8, 4) is 6.07 Å². The van der Waals surface area contributed by atoms with E-state index in [0.717, 1.165) is 21.9 Å². The third-order valence-electron chi connectivity index (χ3n) is 3.76. The van der Waals surface area contributed by atoms with Gasteiger partial charge in [-0.1, -0.05) is 54.1 Å². The van der Waals surface area contributed by atoms with E-state index in [1.165, 1.54) is 0 Å². The minimum Gasteiger partial charge on any atom is -0.321 e. The number of hydrogen-bond donors (Lipinski definition) is 1. The van der Waals surface area contributed by atoms with Gasteiger partial charge in [-0.2, -0.15) is 5.26 Å². The fourth-order valence-corrected chi connectivity index (χ4v) is 2.45. The van der Waals surface area contributed by atoms with Gasteiger partial charge in [0, 0.05) is 5.69 Å². The lowest BCUT2D eigenvalue weighted by atomic mass is 10.0. The molecule has 1 amide bonds. The molecule has 0 aromatic heterocycles. The van der Waals surface area contributed by atoms with Crippen LogP contribution in [0.3, 0.4) is 0 Å². The molecule has 3 heteroatoms. The standard InChI is InChI=1S/C21H16N2O/c1-15-6-10-20(11-7-15)23-21(24)19(14-22)13-16-8-9-17-4-2-3-5-18(17)12-16/h2-13H,1H3,(H,23,24)/b19-13+. The van der Waals surface area contributed by atoms with Crippen molar-refractivity contribution < 1.29 is 4.79 Å². The molecule has 0 bridgehead atoms. The summed E-state index contributed by atoms with van der Waals surface area (Å²) >= 11 is 0. The molecule has 0 atom stereocenters. The lowest BCUT2D eigenvalue weighted by Crippen LogP contribution is -2.13. The highest BCUT2D eigenvalue weighted by Crippen LogP contribution is 2.18. The average molecular weight is 312 g/mol. The van der Waals surface area contributed by atoms with Crippen molar-refractivity contribution in [1.82, 2.24) is 0 Å². The number of anilines is 1. The zero-order valence-electron chi connectivity index (χ0n) is 13.3. The molecule has 0 saturated heterocycles. The van der Waals surface area contributed by atoms with E-state index in [0.29, 0.717) is 5.69 Å². The Kier molecular flexibility index (Phi) is 4.40. The van der Waals surface area contributed by atoms with Crippen molar-refractivity contribution >= 4 is 28.4 Å². The Hall–Kier alpha value is -3.38. The Morgan fingerprint density at radius 2 is 1.71 bits per heavy atom. The molecule has 0 saturated carbocycles. The lowest BCUT2D eigenvalue weighted by molar-refractivity contribution is -0.112. The second-order valence-electron chi connectivity index (χ2n) is 5.60. The summed E-state index contributed by atoms with van der Waals surface area (Å²) in [7, 11) is 0. The average Bonchev–Trinajstić information content (AvgIpc) is 2.61. The summed E-state index contributed by atoms with van der Waals surface area (Å²) in [6.07, 6.45) is 1.61. The summed E-state index contributed by atoms with van der Waals surface area (Å²) in [6, 6.07) is 23.3. The number of benzene rings is 3. The van der Waals surface area contributed by atoms with Crippen LogP contribution < -0.4 is 5.32 Å². The monoisotopic (exact) mass is 312 g/mol. The summed E-state index contributed by atoms with van der Waals surface area (Å²) in [4.78, 5) is 12.3. The van der Waals surface area contributed by atoms with E-state index in [1.54, 1.807) is 6.08 Å². The number of amides is 1. The molecule has 0 aliphatic rings. The van der Waals surface area contributed by atoms with Crippen LogP contribution in [0.5, 0.6) is 0 Å². The number of aryl methyl sites for hydroxylation is 1. The molecule has 0 aliphatic carbocycles. The van der Waals surface area contributed by atoms with Gasteiger partial charge in [0.15, 0.2) is 0 Å². The largest absolute Gasteiger partial charge is 0.321 e. The first-order valence-corrected chi connectivity index (χ1v) is 7.64. The van der Waals surface area contributed by atoms with Crippen LogP contribution in [0.4, 0.5) is 5.69 Å². The van der Waals surface area contributed by atoms with Crippen molar-refractivity contribution in [3.63, 3.8) is 0 Å². The zero-order valence-corrected chi connectivity index (χ0v) is 13.3. The maximum atomic E-state index is 12.3. The van der Waals surface area contributed by atoms with Crippen LogP contribution in [0.2, 0.25) is 0 Å². The number of nitrogens with zero attached hydrogens (tertiary/aromatic N) is 1. The summed E-state index contributed by atoms with van der Waals surface area (Å²) in [5.41, 5.74) is 2.68. The number of rotatable bonds is 3. The molecule has 0 radical (unpaired) electrons. The number of carbonyl (C=O) groups is 1. The quantitative estimate of drug-likeness (QED) is 0.563. The molecule has 0 unspecified atom stereocenters. The minimum atomic E-state index is -0.408.